The summed E-state index contributed by atoms with van der Waals surface area (Å²) in [6.07, 6.45) is 0.880. The minimum atomic E-state index is -0.207. The molecule has 15 heavy (non-hydrogen) atoms. The Morgan fingerprint density at radius 1 is 1.60 bits per heavy atom. The number of hydrogen-bond donors (Lipinski definition) is 2. The lowest BCUT2D eigenvalue weighted by Gasteiger charge is -2.10. The van der Waals surface area contributed by atoms with Crippen LogP contribution < -0.4 is 11.1 Å². The molecule has 0 fully saturated rings. The summed E-state index contributed by atoms with van der Waals surface area (Å²) in [6, 6.07) is 1.75. The molecule has 0 saturated heterocycles. The van der Waals surface area contributed by atoms with Gasteiger partial charge in [-0.05, 0) is 26.3 Å². The Balaban J connectivity index is 2.82. The largest absolute Gasteiger partial charge is 0.368 e. The number of carbonyl (C=O) groups is 1. The molecule has 0 aliphatic rings. The van der Waals surface area contributed by atoms with E-state index in [4.69, 9.17) is 5.73 Å². The third-order valence-electron chi connectivity index (χ3n) is 2.09. The zero-order valence-corrected chi connectivity index (χ0v) is 9.24. The van der Waals surface area contributed by atoms with E-state index in [1.165, 1.54) is 0 Å². The van der Waals surface area contributed by atoms with Gasteiger partial charge in [0.05, 0.1) is 0 Å². The van der Waals surface area contributed by atoms with E-state index < -0.39 is 0 Å². The normalized spacial score (nSPS) is 12.2. The van der Waals surface area contributed by atoms with Gasteiger partial charge < -0.3 is 11.1 Å². The molecule has 5 nitrogen and oxygen atoms in total. The van der Waals surface area contributed by atoms with Crippen LogP contribution in [0.3, 0.4) is 0 Å². The van der Waals surface area contributed by atoms with Crippen LogP contribution in [0.15, 0.2) is 6.07 Å². The van der Waals surface area contributed by atoms with E-state index in [0.29, 0.717) is 11.4 Å². The van der Waals surface area contributed by atoms with Crippen molar-refractivity contribution in [3.8, 4) is 0 Å². The highest BCUT2D eigenvalue weighted by molar-refractivity contribution is 5.92. The second kappa shape index (κ2) is 4.72. The number of nitrogens with two attached hydrogens (primary N) is 1. The first-order valence-corrected chi connectivity index (χ1v) is 4.95. The van der Waals surface area contributed by atoms with Gasteiger partial charge in [-0.15, -0.1) is 0 Å². The van der Waals surface area contributed by atoms with Crippen molar-refractivity contribution in [2.75, 3.05) is 5.73 Å². The average Bonchev–Trinajstić information content (AvgIpc) is 2.16. The Labute approximate surface area is 89.1 Å². The molecule has 0 aliphatic heterocycles. The van der Waals surface area contributed by atoms with Crippen LogP contribution in [0.2, 0.25) is 0 Å². The minimum Gasteiger partial charge on any atom is -0.368 e. The summed E-state index contributed by atoms with van der Waals surface area (Å²) in [7, 11) is 0. The minimum absolute atomic E-state index is 0.129. The molecular formula is C10H16N4O. The maximum absolute atomic E-state index is 11.7. The number of rotatable bonds is 3. The highest BCUT2D eigenvalue weighted by Crippen LogP contribution is 2.02. The molecule has 1 atom stereocenters. The summed E-state index contributed by atoms with van der Waals surface area (Å²) in [5.74, 6) is -0.0779. The Morgan fingerprint density at radius 3 is 2.80 bits per heavy atom. The van der Waals surface area contributed by atoms with Crippen LogP contribution in [0, 0.1) is 6.92 Å². The summed E-state index contributed by atoms with van der Waals surface area (Å²) >= 11 is 0. The predicted octanol–water partition coefficient (Wildman–Crippen LogP) is 0.896. The van der Waals surface area contributed by atoms with Crippen molar-refractivity contribution in [2.24, 2.45) is 0 Å². The first-order valence-electron chi connectivity index (χ1n) is 4.95. The van der Waals surface area contributed by atoms with Crippen molar-refractivity contribution in [3.05, 3.63) is 17.5 Å². The summed E-state index contributed by atoms with van der Waals surface area (Å²) in [5.41, 5.74) is 6.47. The number of aryl methyl sites for hydroxylation is 1. The Kier molecular flexibility index (Phi) is 3.60. The summed E-state index contributed by atoms with van der Waals surface area (Å²) in [6.45, 7) is 5.72. The van der Waals surface area contributed by atoms with Gasteiger partial charge in [0.15, 0.2) is 0 Å². The van der Waals surface area contributed by atoms with Gasteiger partial charge in [-0.1, -0.05) is 6.92 Å². The molecule has 82 valence electrons. The van der Waals surface area contributed by atoms with Crippen molar-refractivity contribution in [1.29, 1.82) is 0 Å². The molecule has 1 aromatic heterocycles. The number of nitrogen functional groups attached to an aromatic ring is 1. The van der Waals surface area contributed by atoms with Crippen molar-refractivity contribution >= 4 is 11.9 Å². The fourth-order valence-electron chi connectivity index (χ4n) is 1.11. The first kappa shape index (κ1) is 11.4. The molecule has 1 heterocycles. The highest BCUT2D eigenvalue weighted by atomic mass is 16.1. The van der Waals surface area contributed by atoms with Crippen LogP contribution in [0.25, 0.3) is 0 Å². The fourth-order valence-corrected chi connectivity index (χ4v) is 1.11. The maximum Gasteiger partial charge on any atom is 0.270 e. The molecule has 1 unspecified atom stereocenters. The maximum atomic E-state index is 11.7. The van der Waals surface area contributed by atoms with Crippen LogP contribution in [0.4, 0.5) is 5.95 Å². The van der Waals surface area contributed by atoms with E-state index in [1.54, 1.807) is 13.0 Å². The van der Waals surface area contributed by atoms with Gasteiger partial charge in [0.1, 0.15) is 5.69 Å². The third-order valence-corrected chi connectivity index (χ3v) is 2.09. The second-order valence-electron chi connectivity index (χ2n) is 3.54. The van der Waals surface area contributed by atoms with E-state index in [1.807, 2.05) is 13.8 Å². The van der Waals surface area contributed by atoms with Crippen molar-refractivity contribution in [2.45, 2.75) is 33.2 Å². The smallest absolute Gasteiger partial charge is 0.270 e. The Hall–Kier alpha value is -1.65. The molecule has 0 aromatic carbocycles. The number of aromatic nitrogens is 2. The zero-order chi connectivity index (χ0) is 11.4. The van der Waals surface area contributed by atoms with Crippen LogP contribution in [0.5, 0.6) is 0 Å². The number of nitrogens with one attached hydrogen (secondary N) is 1. The molecule has 1 rings (SSSR count). The van der Waals surface area contributed by atoms with Gasteiger partial charge in [0.25, 0.3) is 5.91 Å². The van der Waals surface area contributed by atoms with E-state index in [2.05, 4.69) is 15.3 Å². The zero-order valence-electron chi connectivity index (χ0n) is 9.24. The quantitative estimate of drug-likeness (QED) is 0.773. The molecule has 0 saturated carbocycles. The van der Waals surface area contributed by atoms with E-state index >= 15 is 0 Å². The molecule has 5 heteroatoms. The van der Waals surface area contributed by atoms with Gasteiger partial charge in [0, 0.05) is 11.7 Å². The molecule has 0 spiro atoms. The van der Waals surface area contributed by atoms with E-state index in [0.717, 1.165) is 6.42 Å². The standard InChI is InChI=1S/C10H16N4O/c1-4-6(2)12-9(15)8-5-7(3)13-10(11)14-8/h5-6H,4H2,1-3H3,(H,12,15)(H2,11,13,14). The van der Waals surface area contributed by atoms with Crippen molar-refractivity contribution in [3.63, 3.8) is 0 Å². The van der Waals surface area contributed by atoms with Gasteiger partial charge in [-0.2, -0.15) is 0 Å². The van der Waals surface area contributed by atoms with Crippen LogP contribution in [-0.2, 0) is 0 Å². The predicted molar refractivity (Wildman–Crippen MR) is 58.4 cm³/mol. The fraction of sp³-hybridized carbons (Fsp3) is 0.500. The molecular weight excluding hydrogens is 192 g/mol. The topological polar surface area (TPSA) is 80.9 Å². The van der Waals surface area contributed by atoms with Gasteiger partial charge in [-0.25, -0.2) is 9.97 Å². The number of anilines is 1. The van der Waals surface area contributed by atoms with Gasteiger partial charge >= 0.3 is 0 Å². The van der Waals surface area contributed by atoms with Crippen LogP contribution >= 0.6 is 0 Å². The first-order chi connectivity index (χ1) is 7.02. The number of amides is 1. The summed E-state index contributed by atoms with van der Waals surface area (Å²) < 4.78 is 0. The Bertz CT molecular complexity index is 344. The monoisotopic (exact) mass is 208 g/mol. The van der Waals surface area contributed by atoms with Gasteiger partial charge in [0.2, 0.25) is 5.95 Å². The van der Waals surface area contributed by atoms with Crippen molar-refractivity contribution in [1.82, 2.24) is 15.3 Å². The SMILES string of the molecule is CCC(C)NC(=O)c1cc(C)nc(N)n1. The average molecular weight is 208 g/mol. The van der Waals surface area contributed by atoms with Crippen molar-refractivity contribution < 1.29 is 4.79 Å². The van der Waals surface area contributed by atoms with E-state index in [9.17, 15) is 4.79 Å². The highest BCUT2D eigenvalue weighted by Gasteiger charge is 2.11. The molecule has 0 radical (unpaired) electrons. The van der Waals surface area contributed by atoms with Crippen LogP contribution in [0.1, 0.15) is 36.5 Å². The number of carbonyl (C=O) groups excluding carboxylic acids is 1. The third kappa shape index (κ3) is 3.19. The summed E-state index contributed by atoms with van der Waals surface area (Å²) in [5, 5.41) is 2.82. The lowest BCUT2D eigenvalue weighted by Crippen LogP contribution is -2.32. The number of nitrogens with zero attached hydrogens (tertiary/aromatic N) is 2. The molecule has 0 bridgehead atoms. The molecule has 1 aromatic rings. The molecule has 0 aliphatic carbocycles. The number of hydrogen-bond acceptors (Lipinski definition) is 4. The Morgan fingerprint density at radius 2 is 2.27 bits per heavy atom. The van der Waals surface area contributed by atoms with E-state index in [-0.39, 0.29) is 17.9 Å². The lowest BCUT2D eigenvalue weighted by atomic mass is 10.2. The van der Waals surface area contributed by atoms with Crippen LogP contribution in [-0.4, -0.2) is 21.9 Å². The molecule has 1 amide bonds. The second-order valence-corrected chi connectivity index (χ2v) is 3.54. The summed E-state index contributed by atoms with van der Waals surface area (Å²) in [4.78, 5) is 19.4. The molecule has 3 N–H and O–H groups in total. The lowest BCUT2D eigenvalue weighted by molar-refractivity contribution is 0.0934. The van der Waals surface area contributed by atoms with Gasteiger partial charge in [-0.3, -0.25) is 4.79 Å².